The van der Waals surface area contributed by atoms with Crippen molar-refractivity contribution in [1.82, 2.24) is 0 Å². The molecule has 2 aromatic rings. The SMILES string of the molecule is O=S(=O)([O-])Oc1ccc(C2COc3cc(O)ccc3C2)cc1. The molecule has 2 aromatic carbocycles. The van der Waals surface area contributed by atoms with E-state index in [1.807, 2.05) is 6.07 Å². The third-order valence-electron chi connectivity index (χ3n) is 3.51. The molecule has 0 spiro atoms. The van der Waals surface area contributed by atoms with Crippen LogP contribution in [-0.2, 0) is 16.8 Å². The number of phenolic OH excluding ortho intramolecular Hbond substituents is 1. The quantitative estimate of drug-likeness (QED) is 0.685. The first-order chi connectivity index (χ1) is 10.4. The molecular formula is C15H13O6S-. The van der Waals surface area contributed by atoms with Crippen molar-refractivity contribution in [1.29, 1.82) is 0 Å². The lowest BCUT2D eigenvalue weighted by molar-refractivity contribution is 0.261. The van der Waals surface area contributed by atoms with Gasteiger partial charge >= 0.3 is 0 Å². The second-order valence-corrected chi connectivity index (χ2v) is 6.05. The number of aromatic hydroxyl groups is 1. The highest BCUT2D eigenvalue weighted by Gasteiger charge is 2.21. The van der Waals surface area contributed by atoms with Gasteiger partial charge in [-0.15, -0.1) is 0 Å². The van der Waals surface area contributed by atoms with Gasteiger partial charge in [0.25, 0.3) is 10.4 Å². The normalized spacial score (nSPS) is 17.4. The van der Waals surface area contributed by atoms with E-state index in [1.165, 1.54) is 12.1 Å². The molecule has 0 bridgehead atoms. The van der Waals surface area contributed by atoms with Gasteiger partial charge < -0.3 is 18.6 Å². The number of ether oxygens (including phenoxy) is 1. The summed E-state index contributed by atoms with van der Waals surface area (Å²) >= 11 is 0. The molecule has 1 N–H and O–H groups in total. The van der Waals surface area contributed by atoms with Crippen molar-refractivity contribution in [3.05, 3.63) is 53.6 Å². The summed E-state index contributed by atoms with van der Waals surface area (Å²) in [5.41, 5.74) is 1.95. The van der Waals surface area contributed by atoms with Crippen molar-refractivity contribution in [2.24, 2.45) is 0 Å². The van der Waals surface area contributed by atoms with Crippen LogP contribution in [0.1, 0.15) is 17.0 Å². The van der Waals surface area contributed by atoms with Gasteiger partial charge in [0.2, 0.25) is 0 Å². The molecule has 22 heavy (non-hydrogen) atoms. The van der Waals surface area contributed by atoms with Gasteiger partial charge in [-0.25, -0.2) is 8.42 Å². The zero-order chi connectivity index (χ0) is 15.7. The molecule has 1 atom stereocenters. The van der Waals surface area contributed by atoms with Gasteiger partial charge in [0.1, 0.15) is 17.2 Å². The van der Waals surface area contributed by atoms with Crippen LogP contribution in [0.15, 0.2) is 42.5 Å². The molecule has 0 saturated carbocycles. The Morgan fingerprint density at radius 2 is 1.91 bits per heavy atom. The topological polar surface area (TPSA) is 95.9 Å². The van der Waals surface area contributed by atoms with E-state index in [0.29, 0.717) is 12.4 Å². The maximum atomic E-state index is 10.5. The van der Waals surface area contributed by atoms with Crippen LogP contribution in [0.5, 0.6) is 17.2 Å². The Morgan fingerprint density at radius 1 is 1.18 bits per heavy atom. The fourth-order valence-electron chi connectivity index (χ4n) is 2.49. The minimum Gasteiger partial charge on any atom is -0.716 e. The standard InChI is InChI=1S/C15H14O6S/c16-13-4-1-11-7-12(9-20-15(11)8-13)10-2-5-14(6-3-10)21-22(17,18)19/h1-6,8,12,16H,7,9H2,(H,17,18,19)/p-1. The highest BCUT2D eigenvalue weighted by Crippen LogP contribution is 2.34. The van der Waals surface area contributed by atoms with E-state index in [4.69, 9.17) is 4.74 Å². The molecule has 0 amide bonds. The number of phenols is 1. The third-order valence-corrected chi connectivity index (χ3v) is 3.90. The molecule has 7 heteroatoms. The lowest BCUT2D eigenvalue weighted by atomic mass is 9.90. The Balaban J connectivity index is 1.77. The zero-order valence-electron chi connectivity index (χ0n) is 11.4. The van der Waals surface area contributed by atoms with Crippen LogP contribution in [0.4, 0.5) is 0 Å². The van der Waals surface area contributed by atoms with Crippen molar-refractivity contribution < 1.29 is 27.0 Å². The molecule has 1 aliphatic rings. The molecule has 1 unspecified atom stereocenters. The zero-order valence-corrected chi connectivity index (χ0v) is 12.2. The minimum absolute atomic E-state index is 0.0131. The highest BCUT2D eigenvalue weighted by atomic mass is 32.3. The molecule has 3 rings (SSSR count). The predicted octanol–water partition coefficient (Wildman–Crippen LogP) is 1.95. The Morgan fingerprint density at radius 3 is 2.59 bits per heavy atom. The summed E-state index contributed by atoms with van der Waals surface area (Å²) in [7, 11) is -4.76. The molecule has 0 fully saturated rings. The van der Waals surface area contributed by atoms with E-state index in [9.17, 15) is 18.1 Å². The fourth-order valence-corrected chi connectivity index (χ4v) is 2.84. The number of benzene rings is 2. The van der Waals surface area contributed by atoms with Gasteiger partial charge in [0.05, 0.1) is 6.61 Å². The van der Waals surface area contributed by atoms with Crippen LogP contribution in [0.3, 0.4) is 0 Å². The van der Waals surface area contributed by atoms with Gasteiger partial charge in [-0.05, 0) is 35.7 Å². The summed E-state index contributed by atoms with van der Waals surface area (Å²) in [5.74, 6) is 0.932. The first-order valence-corrected chi connectivity index (χ1v) is 7.94. The maximum absolute atomic E-state index is 10.5. The van der Waals surface area contributed by atoms with Gasteiger partial charge in [-0.2, -0.15) is 0 Å². The first kappa shape index (κ1) is 14.7. The summed E-state index contributed by atoms with van der Waals surface area (Å²) in [6, 6.07) is 11.3. The van der Waals surface area contributed by atoms with Gasteiger partial charge in [0, 0.05) is 12.0 Å². The largest absolute Gasteiger partial charge is 0.716 e. The number of hydrogen-bond donors (Lipinski definition) is 1. The van der Waals surface area contributed by atoms with E-state index in [2.05, 4.69) is 4.18 Å². The minimum atomic E-state index is -4.76. The summed E-state index contributed by atoms with van der Waals surface area (Å²) < 4.78 is 41.5. The number of hydrogen-bond acceptors (Lipinski definition) is 6. The van der Waals surface area contributed by atoms with Crippen LogP contribution in [0, 0.1) is 0 Å². The summed E-state index contributed by atoms with van der Waals surface area (Å²) in [6.07, 6.45) is 0.746. The number of rotatable bonds is 3. The monoisotopic (exact) mass is 321 g/mol. The van der Waals surface area contributed by atoms with Crippen molar-refractivity contribution in [2.45, 2.75) is 12.3 Å². The van der Waals surface area contributed by atoms with Crippen LogP contribution in [0.25, 0.3) is 0 Å². The molecule has 6 nitrogen and oxygen atoms in total. The first-order valence-electron chi connectivity index (χ1n) is 6.61. The van der Waals surface area contributed by atoms with E-state index in [-0.39, 0.29) is 17.4 Å². The van der Waals surface area contributed by atoms with E-state index < -0.39 is 10.4 Å². The summed E-state index contributed by atoms with van der Waals surface area (Å²) in [5, 5.41) is 9.43. The summed E-state index contributed by atoms with van der Waals surface area (Å²) in [4.78, 5) is 0. The Labute approximate surface area is 127 Å². The average Bonchev–Trinajstić information content (AvgIpc) is 2.46. The van der Waals surface area contributed by atoms with Crippen LogP contribution in [-0.4, -0.2) is 24.7 Å². The third kappa shape index (κ3) is 3.32. The number of fused-ring (bicyclic) bond motifs is 1. The van der Waals surface area contributed by atoms with Gasteiger partial charge in [0.15, 0.2) is 0 Å². The second-order valence-electron chi connectivity index (χ2n) is 5.06. The van der Waals surface area contributed by atoms with Crippen LogP contribution >= 0.6 is 0 Å². The molecule has 116 valence electrons. The molecule has 0 radical (unpaired) electrons. The molecule has 1 aliphatic heterocycles. The van der Waals surface area contributed by atoms with Crippen molar-refractivity contribution in [3.63, 3.8) is 0 Å². The van der Waals surface area contributed by atoms with E-state index in [0.717, 1.165) is 17.5 Å². The Hall–Kier alpha value is -2.25. The fraction of sp³-hybridized carbons (Fsp3) is 0.200. The predicted molar refractivity (Wildman–Crippen MR) is 76.8 cm³/mol. The lowest BCUT2D eigenvalue weighted by Crippen LogP contribution is -2.19. The van der Waals surface area contributed by atoms with Crippen molar-refractivity contribution in [2.75, 3.05) is 6.61 Å². The maximum Gasteiger partial charge on any atom is 0.262 e. The van der Waals surface area contributed by atoms with Crippen molar-refractivity contribution >= 4 is 10.4 Å². The van der Waals surface area contributed by atoms with Crippen LogP contribution in [0.2, 0.25) is 0 Å². The van der Waals surface area contributed by atoms with E-state index >= 15 is 0 Å². The smallest absolute Gasteiger partial charge is 0.262 e. The molecular weight excluding hydrogens is 308 g/mol. The lowest BCUT2D eigenvalue weighted by Gasteiger charge is -2.25. The van der Waals surface area contributed by atoms with Crippen molar-refractivity contribution in [3.8, 4) is 17.2 Å². The summed E-state index contributed by atoms with van der Waals surface area (Å²) in [6.45, 7) is 0.455. The van der Waals surface area contributed by atoms with Crippen LogP contribution < -0.4 is 8.92 Å². The van der Waals surface area contributed by atoms with Gasteiger partial charge in [-0.3, -0.25) is 0 Å². The average molecular weight is 321 g/mol. The van der Waals surface area contributed by atoms with Gasteiger partial charge in [-0.1, -0.05) is 18.2 Å². The Bertz CT molecular complexity index is 782. The highest BCUT2D eigenvalue weighted by molar-refractivity contribution is 7.81. The molecule has 0 saturated heterocycles. The molecule has 1 heterocycles. The molecule has 0 aliphatic carbocycles. The second kappa shape index (κ2) is 5.51. The van der Waals surface area contributed by atoms with E-state index in [1.54, 1.807) is 24.3 Å². The Kier molecular flexibility index (Phi) is 3.67. The molecule has 0 aromatic heterocycles.